The van der Waals surface area contributed by atoms with E-state index in [1.807, 2.05) is 63.4 Å². The Morgan fingerprint density at radius 2 is 1.54 bits per heavy atom. The summed E-state index contributed by atoms with van der Waals surface area (Å²) >= 11 is 0. The van der Waals surface area contributed by atoms with Gasteiger partial charge in [-0.2, -0.15) is 0 Å². The molecular weight excluding hydrogens is 302 g/mol. The van der Waals surface area contributed by atoms with Crippen molar-refractivity contribution in [2.75, 3.05) is 25.8 Å². The van der Waals surface area contributed by atoms with Gasteiger partial charge in [-0.05, 0) is 67.8 Å². The van der Waals surface area contributed by atoms with E-state index in [1.54, 1.807) is 0 Å². The Hall–Kier alpha value is -2.62. The van der Waals surface area contributed by atoms with E-state index in [9.17, 15) is 0 Å². The van der Waals surface area contributed by atoms with Gasteiger partial charge in [0.15, 0.2) is 0 Å². The van der Waals surface area contributed by atoms with Crippen molar-refractivity contribution < 1.29 is 14.2 Å². The van der Waals surface area contributed by atoms with Crippen molar-refractivity contribution in [2.45, 2.75) is 20.3 Å². The van der Waals surface area contributed by atoms with Crippen molar-refractivity contribution in [2.24, 2.45) is 0 Å². The number of anilines is 1. The third-order valence-corrected chi connectivity index (χ3v) is 3.85. The maximum atomic E-state index is 5.75. The van der Waals surface area contributed by atoms with Crippen LogP contribution >= 0.6 is 0 Å². The molecule has 0 bridgehead atoms. The first-order valence-corrected chi connectivity index (χ1v) is 8.03. The lowest BCUT2D eigenvalue weighted by molar-refractivity contribution is 0.119. The van der Waals surface area contributed by atoms with Crippen molar-refractivity contribution in [3.8, 4) is 17.2 Å². The zero-order chi connectivity index (χ0) is 17.4. The number of benzene rings is 2. The molecule has 0 heterocycles. The van der Waals surface area contributed by atoms with E-state index in [0.717, 1.165) is 40.5 Å². The summed E-state index contributed by atoms with van der Waals surface area (Å²) in [4.78, 5) is 0. The molecule has 0 aliphatic heterocycles. The third-order valence-electron chi connectivity index (χ3n) is 3.85. The minimum Gasteiger partial charge on any atom is -0.493 e. The van der Waals surface area contributed by atoms with Crippen LogP contribution in [-0.2, 0) is 0 Å². The van der Waals surface area contributed by atoms with Crippen molar-refractivity contribution in [1.29, 1.82) is 0 Å². The van der Waals surface area contributed by atoms with Gasteiger partial charge in [-0.15, -0.1) is 6.58 Å². The van der Waals surface area contributed by atoms with Gasteiger partial charge in [0.2, 0.25) is 6.79 Å². The fourth-order valence-electron chi connectivity index (χ4n) is 2.21. The first-order chi connectivity index (χ1) is 11.7. The summed E-state index contributed by atoms with van der Waals surface area (Å²) in [6.45, 7) is 8.55. The molecule has 2 aromatic rings. The maximum absolute atomic E-state index is 5.75. The molecule has 4 nitrogen and oxygen atoms in total. The van der Waals surface area contributed by atoms with Gasteiger partial charge in [0.25, 0.3) is 0 Å². The molecule has 0 aliphatic rings. The Kier molecular flexibility index (Phi) is 6.55. The summed E-state index contributed by atoms with van der Waals surface area (Å²) < 4.78 is 17.1. The summed E-state index contributed by atoms with van der Waals surface area (Å²) in [6.07, 6.45) is 2.68. The molecule has 0 fully saturated rings. The predicted molar refractivity (Wildman–Crippen MR) is 98.3 cm³/mol. The molecule has 0 unspecified atom stereocenters. The second-order valence-electron chi connectivity index (χ2n) is 5.42. The molecule has 1 N–H and O–H groups in total. The topological polar surface area (TPSA) is 39.7 Å². The molecule has 128 valence electrons. The van der Waals surface area contributed by atoms with Gasteiger partial charge in [-0.1, -0.05) is 6.08 Å². The SMILES string of the molecule is C=CCCOc1ccc(OCOc2ccc(NC)cc2)c(C)c1C. The van der Waals surface area contributed by atoms with Gasteiger partial charge in [-0.3, -0.25) is 0 Å². The van der Waals surface area contributed by atoms with Crippen LogP contribution in [0.3, 0.4) is 0 Å². The van der Waals surface area contributed by atoms with Crippen LogP contribution < -0.4 is 19.5 Å². The van der Waals surface area contributed by atoms with Crippen LogP contribution in [0, 0.1) is 13.8 Å². The molecule has 0 radical (unpaired) electrons. The molecule has 0 saturated heterocycles. The number of ether oxygens (including phenoxy) is 3. The maximum Gasteiger partial charge on any atom is 0.230 e. The normalized spacial score (nSPS) is 10.1. The smallest absolute Gasteiger partial charge is 0.230 e. The summed E-state index contributed by atoms with van der Waals surface area (Å²) in [5.41, 5.74) is 3.18. The largest absolute Gasteiger partial charge is 0.493 e. The molecule has 2 aromatic carbocycles. The van der Waals surface area contributed by atoms with Gasteiger partial charge in [-0.25, -0.2) is 0 Å². The summed E-state index contributed by atoms with van der Waals surface area (Å²) in [7, 11) is 1.88. The third kappa shape index (κ3) is 4.69. The van der Waals surface area contributed by atoms with E-state index in [4.69, 9.17) is 14.2 Å². The lowest BCUT2D eigenvalue weighted by Crippen LogP contribution is -2.07. The lowest BCUT2D eigenvalue weighted by Gasteiger charge is -2.15. The van der Waals surface area contributed by atoms with Crippen molar-refractivity contribution in [3.05, 3.63) is 60.2 Å². The number of nitrogens with one attached hydrogen (secondary N) is 1. The second kappa shape index (κ2) is 8.87. The Labute approximate surface area is 144 Å². The molecule has 24 heavy (non-hydrogen) atoms. The van der Waals surface area contributed by atoms with E-state index >= 15 is 0 Å². The monoisotopic (exact) mass is 327 g/mol. The van der Waals surface area contributed by atoms with E-state index in [1.165, 1.54) is 0 Å². The van der Waals surface area contributed by atoms with Crippen LogP contribution in [0.1, 0.15) is 17.5 Å². The van der Waals surface area contributed by atoms with Gasteiger partial charge in [0, 0.05) is 12.7 Å². The van der Waals surface area contributed by atoms with Gasteiger partial charge >= 0.3 is 0 Å². The minimum absolute atomic E-state index is 0.163. The standard InChI is InChI=1S/C20H25NO3/c1-5-6-13-22-19-11-12-20(16(3)15(19)2)24-14-23-18-9-7-17(21-4)8-10-18/h5,7-12,21H,1,6,13-14H2,2-4H3. The first kappa shape index (κ1) is 17.7. The van der Waals surface area contributed by atoms with Crippen molar-refractivity contribution in [1.82, 2.24) is 0 Å². The van der Waals surface area contributed by atoms with Crippen LogP contribution in [0.25, 0.3) is 0 Å². The fourth-order valence-corrected chi connectivity index (χ4v) is 2.21. The fraction of sp³-hybridized carbons (Fsp3) is 0.300. The molecule has 0 aromatic heterocycles. The van der Waals surface area contributed by atoms with Gasteiger partial charge in [0.1, 0.15) is 17.2 Å². The van der Waals surface area contributed by atoms with Crippen LogP contribution in [0.5, 0.6) is 17.2 Å². The molecule has 2 rings (SSSR count). The highest BCUT2D eigenvalue weighted by Crippen LogP contribution is 2.29. The Bertz CT molecular complexity index is 665. The zero-order valence-corrected chi connectivity index (χ0v) is 14.6. The number of rotatable bonds is 9. The number of hydrogen-bond acceptors (Lipinski definition) is 4. The highest BCUT2D eigenvalue weighted by molar-refractivity contribution is 5.47. The van der Waals surface area contributed by atoms with Crippen molar-refractivity contribution >= 4 is 5.69 Å². The van der Waals surface area contributed by atoms with E-state index in [2.05, 4.69) is 11.9 Å². The average Bonchev–Trinajstić information content (AvgIpc) is 2.61. The van der Waals surface area contributed by atoms with Gasteiger partial charge < -0.3 is 19.5 Å². The van der Waals surface area contributed by atoms with Gasteiger partial charge in [0.05, 0.1) is 6.61 Å². The highest BCUT2D eigenvalue weighted by Gasteiger charge is 2.08. The summed E-state index contributed by atoms with van der Waals surface area (Å²) in [6, 6.07) is 11.6. The lowest BCUT2D eigenvalue weighted by atomic mass is 10.1. The van der Waals surface area contributed by atoms with Crippen LogP contribution in [0.2, 0.25) is 0 Å². The Morgan fingerprint density at radius 3 is 2.12 bits per heavy atom. The molecule has 0 amide bonds. The van der Waals surface area contributed by atoms with Crippen LogP contribution in [0.15, 0.2) is 49.1 Å². The van der Waals surface area contributed by atoms with E-state index in [0.29, 0.717) is 6.61 Å². The molecule has 0 saturated carbocycles. The molecule has 0 aliphatic carbocycles. The van der Waals surface area contributed by atoms with E-state index < -0.39 is 0 Å². The molecule has 0 atom stereocenters. The molecule has 0 spiro atoms. The first-order valence-electron chi connectivity index (χ1n) is 8.03. The number of hydrogen-bond donors (Lipinski definition) is 1. The average molecular weight is 327 g/mol. The summed E-state index contributed by atoms with van der Waals surface area (Å²) in [5, 5.41) is 3.07. The van der Waals surface area contributed by atoms with E-state index in [-0.39, 0.29) is 6.79 Å². The Balaban J connectivity index is 1.92. The molecular formula is C20H25NO3. The Morgan fingerprint density at radius 1 is 0.917 bits per heavy atom. The highest BCUT2D eigenvalue weighted by atomic mass is 16.7. The van der Waals surface area contributed by atoms with Crippen LogP contribution in [-0.4, -0.2) is 20.4 Å². The van der Waals surface area contributed by atoms with Crippen LogP contribution in [0.4, 0.5) is 5.69 Å². The molecule has 4 heteroatoms. The summed E-state index contributed by atoms with van der Waals surface area (Å²) in [5.74, 6) is 2.45. The minimum atomic E-state index is 0.163. The zero-order valence-electron chi connectivity index (χ0n) is 14.6. The van der Waals surface area contributed by atoms with Crippen molar-refractivity contribution in [3.63, 3.8) is 0 Å². The second-order valence-corrected chi connectivity index (χ2v) is 5.42. The predicted octanol–water partition coefficient (Wildman–Crippen LogP) is 4.72. The quantitative estimate of drug-likeness (QED) is 0.411.